The Kier molecular flexibility index (Phi) is 9.03. The van der Waals surface area contributed by atoms with E-state index < -0.39 is 17.2 Å². The van der Waals surface area contributed by atoms with E-state index in [1.807, 2.05) is 71.0 Å². The van der Waals surface area contributed by atoms with Crippen molar-refractivity contribution in [3.63, 3.8) is 0 Å². The molecule has 3 aromatic rings. The normalized spacial score (nSPS) is 14.3. The van der Waals surface area contributed by atoms with Gasteiger partial charge in [-0.15, -0.1) is 0 Å². The number of anilines is 2. The quantitative estimate of drug-likeness (QED) is 0.389. The number of nitriles is 1. The lowest BCUT2D eigenvalue weighted by Gasteiger charge is -2.29. The summed E-state index contributed by atoms with van der Waals surface area (Å²) in [5, 5.41) is 15.9. The highest BCUT2D eigenvalue weighted by Crippen LogP contribution is 2.27. The molecule has 9 nitrogen and oxygen atoms in total. The predicted octanol–water partition coefficient (Wildman–Crippen LogP) is 5.39. The van der Waals surface area contributed by atoms with Gasteiger partial charge < -0.3 is 20.1 Å². The van der Waals surface area contributed by atoms with Crippen molar-refractivity contribution in [2.24, 2.45) is 0 Å². The third-order valence-electron chi connectivity index (χ3n) is 6.61. The van der Waals surface area contributed by atoms with E-state index in [2.05, 4.69) is 43.7 Å². The van der Waals surface area contributed by atoms with E-state index in [0.717, 1.165) is 56.1 Å². The molecule has 0 saturated carbocycles. The first-order valence-corrected chi connectivity index (χ1v) is 13.6. The van der Waals surface area contributed by atoms with Crippen LogP contribution < -0.4 is 10.6 Å². The molecule has 0 unspecified atom stereocenters. The molecule has 0 aliphatic carbocycles. The van der Waals surface area contributed by atoms with Crippen LogP contribution >= 0.6 is 0 Å². The number of rotatable bonds is 8. The van der Waals surface area contributed by atoms with E-state index in [0.29, 0.717) is 17.2 Å². The molecule has 0 bridgehead atoms. The number of alkyl carbamates (subject to hydrolysis) is 1. The zero-order valence-corrected chi connectivity index (χ0v) is 24.0. The van der Waals surface area contributed by atoms with Crippen molar-refractivity contribution in [1.82, 2.24) is 20.2 Å². The van der Waals surface area contributed by atoms with Gasteiger partial charge in [-0.1, -0.05) is 36.4 Å². The second-order valence-corrected chi connectivity index (χ2v) is 11.4. The van der Waals surface area contributed by atoms with E-state index in [1.165, 1.54) is 11.8 Å². The van der Waals surface area contributed by atoms with Gasteiger partial charge in [-0.05, 0) is 64.3 Å². The summed E-state index contributed by atoms with van der Waals surface area (Å²) in [6.45, 7) is 13.8. The maximum Gasteiger partial charge on any atom is 0.408 e. The highest BCUT2D eigenvalue weighted by atomic mass is 16.6. The van der Waals surface area contributed by atoms with Crippen LogP contribution in [0, 0.1) is 11.3 Å². The topological polar surface area (TPSA) is 112 Å². The number of hydrogen-bond donors (Lipinski definition) is 2. The Balaban J connectivity index is 1.47. The Morgan fingerprint density at radius 3 is 2.50 bits per heavy atom. The van der Waals surface area contributed by atoms with Crippen molar-refractivity contribution in [2.75, 3.05) is 38.2 Å². The van der Waals surface area contributed by atoms with Gasteiger partial charge >= 0.3 is 6.09 Å². The number of carbonyl (C=O) groups excluding carboxylic acids is 1. The van der Waals surface area contributed by atoms with Crippen molar-refractivity contribution in [2.45, 2.75) is 52.2 Å². The van der Waals surface area contributed by atoms with Gasteiger partial charge in [0.25, 0.3) is 0 Å². The van der Waals surface area contributed by atoms with Gasteiger partial charge in [0.2, 0.25) is 5.95 Å². The predicted molar refractivity (Wildman–Crippen MR) is 155 cm³/mol. The smallest absolute Gasteiger partial charge is 0.408 e. The Labute approximate surface area is 236 Å². The van der Waals surface area contributed by atoms with Gasteiger partial charge in [-0.3, -0.25) is 4.90 Å². The van der Waals surface area contributed by atoms with Gasteiger partial charge in [0.1, 0.15) is 11.7 Å². The molecular formula is C31H38N6O3. The number of aromatic nitrogens is 2. The molecule has 40 heavy (non-hydrogen) atoms. The van der Waals surface area contributed by atoms with Crippen LogP contribution in [0.4, 0.5) is 16.4 Å². The van der Waals surface area contributed by atoms with Gasteiger partial charge in [-0.2, -0.15) is 5.26 Å². The standard InChI is InChI=1S/C31H38N6O3/c1-30(2,3)40-29(38)36-31(4,5)25-11-9-23(10-12-25)27-24(20-32)21-33-28(35-27)34-26-8-6-7-22(19-26)13-14-37-15-17-39-18-16-37/h6-12,19,21H,13-18H2,1-5H3,(H,36,38)(H,33,34,35). The SMILES string of the molecule is CC(C)(C)OC(=O)NC(C)(C)c1ccc(-c2nc(Nc3cccc(CCN4CCOCC4)c3)ncc2C#N)cc1. The second kappa shape index (κ2) is 12.5. The number of nitrogens with one attached hydrogen (secondary N) is 2. The molecule has 1 saturated heterocycles. The molecule has 0 spiro atoms. The fourth-order valence-electron chi connectivity index (χ4n) is 4.47. The van der Waals surface area contributed by atoms with Crippen LogP contribution in [0.1, 0.15) is 51.3 Å². The summed E-state index contributed by atoms with van der Waals surface area (Å²) in [5.74, 6) is 0.412. The number of nitrogens with zero attached hydrogens (tertiary/aromatic N) is 4. The van der Waals surface area contributed by atoms with Gasteiger partial charge in [-0.25, -0.2) is 14.8 Å². The molecule has 210 valence electrons. The number of hydrogen-bond acceptors (Lipinski definition) is 8. The average Bonchev–Trinajstić information content (AvgIpc) is 2.91. The van der Waals surface area contributed by atoms with Crippen molar-refractivity contribution in [3.8, 4) is 17.3 Å². The highest BCUT2D eigenvalue weighted by molar-refractivity contribution is 5.70. The Hall–Kier alpha value is -4.00. The Morgan fingerprint density at radius 2 is 1.82 bits per heavy atom. The minimum absolute atomic E-state index is 0.378. The zero-order chi connectivity index (χ0) is 28.8. The van der Waals surface area contributed by atoms with Crippen molar-refractivity contribution in [1.29, 1.82) is 5.26 Å². The minimum Gasteiger partial charge on any atom is -0.444 e. The molecule has 2 N–H and O–H groups in total. The molecule has 2 aromatic carbocycles. The largest absolute Gasteiger partial charge is 0.444 e. The molecule has 9 heteroatoms. The third kappa shape index (κ3) is 8.01. The Morgan fingerprint density at radius 1 is 1.10 bits per heavy atom. The molecule has 1 aliphatic heterocycles. The molecule has 0 radical (unpaired) electrons. The van der Waals surface area contributed by atoms with E-state index in [-0.39, 0.29) is 0 Å². The maximum atomic E-state index is 12.3. The molecule has 0 atom stereocenters. The van der Waals surface area contributed by atoms with Crippen molar-refractivity contribution >= 4 is 17.7 Å². The number of carbonyl (C=O) groups is 1. The van der Waals surface area contributed by atoms with Crippen LogP contribution in [0.15, 0.2) is 54.7 Å². The lowest BCUT2D eigenvalue weighted by molar-refractivity contribution is 0.0384. The maximum absolute atomic E-state index is 12.3. The molecule has 1 aromatic heterocycles. The van der Waals surface area contributed by atoms with E-state index in [1.54, 1.807) is 0 Å². The summed E-state index contributed by atoms with van der Waals surface area (Å²) in [4.78, 5) is 23.8. The second-order valence-electron chi connectivity index (χ2n) is 11.4. The van der Waals surface area contributed by atoms with Gasteiger partial charge in [0.15, 0.2) is 0 Å². The molecule has 4 rings (SSSR count). The van der Waals surface area contributed by atoms with Crippen LogP contribution in [0.3, 0.4) is 0 Å². The third-order valence-corrected chi connectivity index (χ3v) is 6.61. The lowest BCUT2D eigenvalue weighted by atomic mass is 9.93. The van der Waals surface area contributed by atoms with Gasteiger partial charge in [0.05, 0.1) is 36.2 Å². The van der Waals surface area contributed by atoms with Crippen LogP contribution in [0.25, 0.3) is 11.3 Å². The summed E-state index contributed by atoms with van der Waals surface area (Å²) >= 11 is 0. The number of amides is 1. The van der Waals surface area contributed by atoms with Crippen LogP contribution in [-0.4, -0.2) is 59.4 Å². The van der Waals surface area contributed by atoms with Gasteiger partial charge in [0, 0.05) is 30.9 Å². The summed E-state index contributed by atoms with van der Waals surface area (Å²) in [6.07, 6.45) is 2.00. The number of benzene rings is 2. The first-order valence-electron chi connectivity index (χ1n) is 13.6. The first kappa shape index (κ1) is 29.0. The fourth-order valence-corrected chi connectivity index (χ4v) is 4.47. The summed E-state index contributed by atoms with van der Waals surface area (Å²) in [7, 11) is 0. The summed E-state index contributed by atoms with van der Waals surface area (Å²) in [6, 6.07) is 18.1. The minimum atomic E-state index is -0.663. The molecule has 1 amide bonds. The Bertz CT molecular complexity index is 1350. The number of ether oxygens (including phenoxy) is 2. The molecule has 1 fully saturated rings. The average molecular weight is 543 g/mol. The number of morpholine rings is 1. The van der Waals surface area contributed by atoms with E-state index in [9.17, 15) is 10.1 Å². The van der Waals surface area contributed by atoms with E-state index in [4.69, 9.17) is 9.47 Å². The van der Waals surface area contributed by atoms with Crippen LogP contribution in [-0.2, 0) is 21.4 Å². The highest BCUT2D eigenvalue weighted by Gasteiger charge is 2.26. The summed E-state index contributed by atoms with van der Waals surface area (Å²) < 4.78 is 10.9. The zero-order valence-electron chi connectivity index (χ0n) is 24.0. The monoisotopic (exact) mass is 542 g/mol. The molecule has 2 heterocycles. The first-order chi connectivity index (χ1) is 19.0. The van der Waals surface area contributed by atoms with Crippen molar-refractivity contribution in [3.05, 3.63) is 71.4 Å². The van der Waals surface area contributed by atoms with Crippen LogP contribution in [0.2, 0.25) is 0 Å². The molecular weight excluding hydrogens is 504 g/mol. The lowest BCUT2D eigenvalue weighted by Crippen LogP contribution is -2.43. The summed E-state index contributed by atoms with van der Waals surface area (Å²) in [5.41, 5.74) is 3.45. The van der Waals surface area contributed by atoms with E-state index >= 15 is 0 Å². The fraction of sp³-hybridized carbons (Fsp3) is 0.419. The van der Waals surface area contributed by atoms with Crippen molar-refractivity contribution < 1.29 is 14.3 Å². The molecule has 1 aliphatic rings. The van der Waals surface area contributed by atoms with Crippen LogP contribution in [0.5, 0.6) is 0 Å².